The number of nitrogens with two attached hydrogens (primary N) is 1. The van der Waals surface area contributed by atoms with Crippen molar-refractivity contribution in [3.05, 3.63) is 42.0 Å². The van der Waals surface area contributed by atoms with Crippen LogP contribution in [0.4, 0.5) is 5.69 Å². The molecule has 0 heterocycles. The number of allylic oxidation sites excluding steroid dienone is 1. The van der Waals surface area contributed by atoms with E-state index in [1.165, 1.54) is 12.0 Å². The van der Waals surface area contributed by atoms with Gasteiger partial charge in [-0.25, -0.2) is 0 Å². The van der Waals surface area contributed by atoms with E-state index in [1.54, 1.807) is 0 Å². The van der Waals surface area contributed by atoms with E-state index in [2.05, 4.69) is 20.4 Å². The molecule has 0 radical (unpaired) electrons. The number of para-hydroxylation sites is 1. The minimum atomic E-state index is 0.868. The van der Waals surface area contributed by atoms with Crippen molar-refractivity contribution in [3.63, 3.8) is 0 Å². The van der Waals surface area contributed by atoms with Crippen LogP contribution in [0.25, 0.3) is 0 Å². The maximum atomic E-state index is 5.52. The first kappa shape index (κ1) is 16.2. The Hall–Kier alpha value is -1.24. The predicted molar refractivity (Wildman–Crippen MR) is 72.0 cm³/mol. The van der Waals surface area contributed by atoms with Crippen molar-refractivity contribution < 1.29 is 0 Å². The summed E-state index contributed by atoms with van der Waals surface area (Å²) < 4.78 is 0. The summed E-state index contributed by atoms with van der Waals surface area (Å²) in [5.41, 5.74) is 8.70. The standard InChI is InChI=1S/C7H9N.C4H8.C3H8/c1-6-4-2-3-5-7(6)8;1-4(2)3;1-3-2/h2-5H,8H2,1H3;1H2,2-3H3;3H2,1-2H3. The van der Waals surface area contributed by atoms with Crippen molar-refractivity contribution in [3.8, 4) is 0 Å². The Morgan fingerprint density at radius 1 is 1.20 bits per heavy atom. The van der Waals surface area contributed by atoms with Gasteiger partial charge in [0.05, 0.1) is 0 Å². The third kappa shape index (κ3) is 15.5. The van der Waals surface area contributed by atoms with Crippen LogP contribution in [0.5, 0.6) is 0 Å². The van der Waals surface area contributed by atoms with Gasteiger partial charge in [0.25, 0.3) is 0 Å². The fourth-order valence-corrected chi connectivity index (χ4v) is 0.587. The highest BCUT2D eigenvalue weighted by Crippen LogP contribution is 2.06. The van der Waals surface area contributed by atoms with Crippen molar-refractivity contribution in [2.24, 2.45) is 0 Å². The number of rotatable bonds is 0. The Morgan fingerprint density at radius 3 is 1.73 bits per heavy atom. The van der Waals surface area contributed by atoms with Crippen LogP contribution < -0.4 is 5.73 Å². The fraction of sp³-hybridized carbons (Fsp3) is 0.429. The van der Waals surface area contributed by atoms with Crippen LogP contribution in [-0.4, -0.2) is 0 Å². The van der Waals surface area contributed by atoms with Crippen LogP contribution in [0.1, 0.15) is 39.7 Å². The predicted octanol–water partition coefficient (Wildman–Crippen LogP) is 4.58. The van der Waals surface area contributed by atoms with E-state index >= 15 is 0 Å². The Morgan fingerprint density at radius 2 is 1.53 bits per heavy atom. The molecule has 0 aliphatic heterocycles. The van der Waals surface area contributed by atoms with E-state index in [-0.39, 0.29) is 0 Å². The number of benzene rings is 1. The third-order valence-electron chi connectivity index (χ3n) is 1.19. The van der Waals surface area contributed by atoms with Crippen molar-refractivity contribution in [2.45, 2.75) is 41.0 Å². The van der Waals surface area contributed by atoms with Crippen LogP contribution in [0.15, 0.2) is 36.4 Å². The van der Waals surface area contributed by atoms with Crippen molar-refractivity contribution in [1.29, 1.82) is 0 Å². The molecule has 1 aromatic rings. The summed E-state index contributed by atoms with van der Waals surface area (Å²) in [7, 11) is 0. The molecule has 15 heavy (non-hydrogen) atoms. The Bertz CT molecular complexity index is 239. The van der Waals surface area contributed by atoms with Crippen LogP contribution in [-0.2, 0) is 0 Å². The van der Waals surface area contributed by atoms with Crippen LogP contribution >= 0.6 is 0 Å². The van der Waals surface area contributed by atoms with Gasteiger partial charge in [-0.3, -0.25) is 0 Å². The molecule has 0 saturated carbocycles. The van der Waals surface area contributed by atoms with E-state index in [9.17, 15) is 0 Å². The van der Waals surface area contributed by atoms with Gasteiger partial charge in [0.1, 0.15) is 0 Å². The average molecular weight is 207 g/mol. The molecule has 86 valence electrons. The lowest BCUT2D eigenvalue weighted by Gasteiger charge is -1.93. The third-order valence-corrected chi connectivity index (χ3v) is 1.19. The molecule has 0 saturated heterocycles. The van der Waals surface area contributed by atoms with Gasteiger partial charge in [-0.1, -0.05) is 44.0 Å². The molecule has 2 N–H and O–H groups in total. The van der Waals surface area contributed by atoms with Crippen LogP contribution in [0, 0.1) is 6.92 Å². The maximum Gasteiger partial charge on any atom is 0.0343 e. The molecule has 1 rings (SSSR count). The Kier molecular flexibility index (Phi) is 11.7. The summed E-state index contributed by atoms with van der Waals surface area (Å²) >= 11 is 0. The van der Waals surface area contributed by atoms with Crippen LogP contribution in [0.2, 0.25) is 0 Å². The second kappa shape index (κ2) is 10.8. The van der Waals surface area contributed by atoms with Gasteiger partial charge in [-0.15, -0.1) is 6.58 Å². The maximum absolute atomic E-state index is 5.52. The number of nitrogen functional groups attached to an aromatic ring is 1. The lowest BCUT2D eigenvalue weighted by molar-refractivity contribution is 1.09. The molecule has 0 amide bonds. The molecular formula is C14H25N. The Labute approximate surface area is 95.0 Å². The molecular weight excluding hydrogens is 182 g/mol. The van der Waals surface area contributed by atoms with E-state index in [4.69, 9.17) is 5.73 Å². The second-order valence-electron chi connectivity index (χ2n) is 3.77. The topological polar surface area (TPSA) is 26.0 Å². The quantitative estimate of drug-likeness (QED) is 0.489. The summed E-state index contributed by atoms with van der Waals surface area (Å²) in [6.45, 7) is 13.7. The first-order valence-corrected chi connectivity index (χ1v) is 5.38. The van der Waals surface area contributed by atoms with Gasteiger partial charge < -0.3 is 5.73 Å². The molecule has 0 aliphatic carbocycles. The SMILES string of the molecule is C=C(C)C.CCC.Cc1ccccc1N. The first-order chi connectivity index (χ1) is 6.95. The molecule has 1 nitrogen and oxygen atoms in total. The molecule has 1 aromatic carbocycles. The van der Waals surface area contributed by atoms with Crippen molar-refractivity contribution in [1.82, 2.24) is 0 Å². The van der Waals surface area contributed by atoms with E-state index in [1.807, 2.05) is 45.0 Å². The second-order valence-corrected chi connectivity index (χ2v) is 3.77. The van der Waals surface area contributed by atoms with E-state index in [0.717, 1.165) is 11.3 Å². The monoisotopic (exact) mass is 207 g/mol. The van der Waals surface area contributed by atoms with Gasteiger partial charge in [0, 0.05) is 5.69 Å². The Balaban J connectivity index is 0. The molecule has 0 atom stereocenters. The van der Waals surface area contributed by atoms with Gasteiger partial charge in [-0.2, -0.15) is 0 Å². The van der Waals surface area contributed by atoms with E-state index in [0.29, 0.717) is 0 Å². The van der Waals surface area contributed by atoms with Gasteiger partial charge in [-0.05, 0) is 32.4 Å². The smallest absolute Gasteiger partial charge is 0.0343 e. The minimum absolute atomic E-state index is 0.868. The molecule has 1 heteroatoms. The minimum Gasteiger partial charge on any atom is -0.399 e. The summed E-state index contributed by atoms with van der Waals surface area (Å²) in [5.74, 6) is 0. The summed E-state index contributed by atoms with van der Waals surface area (Å²) in [6.07, 6.45) is 1.25. The zero-order chi connectivity index (χ0) is 12.3. The normalized spacial score (nSPS) is 7.80. The number of aryl methyl sites for hydroxylation is 1. The van der Waals surface area contributed by atoms with Crippen LogP contribution in [0.3, 0.4) is 0 Å². The van der Waals surface area contributed by atoms with E-state index < -0.39 is 0 Å². The first-order valence-electron chi connectivity index (χ1n) is 5.38. The van der Waals surface area contributed by atoms with Gasteiger partial charge in [0.2, 0.25) is 0 Å². The summed E-state index contributed by atoms with van der Waals surface area (Å²) in [4.78, 5) is 0. The van der Waals surface area contributed by atoms with Crippen molar-refractivity contribution in [2.75, 3.05) is 5.73 Å². The van der Waals surface area contributed by atoms with Gasteiger partial charge in [0.15, 0.2) is 0 Å². The zero-order valence-electron chi connectivity index (χ0n) is 10.8. The highest BCUT2D eigenvalue weighted by atomic mass is 14.5. The summed E-state index contributed by atoms with van der Waals surface area (Å²) in [6, 6.07) is 7.80. The average Bonchev–Trinajstić information content (AvgIpc) is 2.10. The zero-order valence-corrected chi connectivity index (χ0v) is 10.8. The molecule has 0 unspecified atom stereocenters. The molecule has 0 spiro atoms. The number of hydrogen-bond acceptors (Lipinski definition) is 1. The highest BCUT2D eigenvalue weighted by molar-refractivity contribution is 5.44. The van der Waals surface area contributed by atoms with Gasteiger partial charge >= 0.3 is 0 Å². The highest BCUT2D eigenvalue weighted by Gasteiger charge is 1.84. The molecule has 0 fully saturated rings. The lowest BCUT2D eigenvalue weighted by atomic mass is 10.2. The fourth-order valence-electron chi connectivity index (χ4n) is 0.587. The number of anilines is 1. The molecule has 0 aliphatic rings. The number of hydrogen-bond donors (Lipinski definition) is 1. The largest absolute Gasteiger partial charge is 0.399 e. The molecule has 0 aromatic heterocycles. The van der Waals surface area contributed by atoms with Crippen molar-refractivity contribution >= 4 is 5.69 Å². The molecule has 0 bridgehead atoms. The summed E-state index contributed by atoms with van der Waals surface area (Å²) in [5, 5.41) is 0. The lowest BCUT2D eigenvalue weighted by Crippen LogP contribution is -1.85.